The third-order valence-electron chi connectivity index (χ3n) is 2.30. The number of carboxylic acid groups (broad SMARTS) is 1. The normalized spacial score (nSPS) is 10.2. The summed E-state index contributed by atoms with van der Waals surface area (Å²) < 4.78 is 13.6. The van der Waals surface area contributed by atoms with Crippen molar-refractivity contribution in [3.63, 3.8) is 0 Å². The van der Waals surface area contributed by atoms with Gasteiger partial charge in [-0.2, -0.15) is 0 Å². The first-order valence-corrected chi connectivity index (χ1v) is 4.95. The fourth-order valence-electron chi connectivity index (χ4n) is 1.47. The Bertz CT molecular complexity index is 382. The minimum atomic E-state index is -1.12. The summed E-state index contributed by atoms with van der Waals surface area (Å²) in [6, 6.07) is 4.06. The smallest absolute Gasteiger partial charge is 0.337 e. The number of likely N-dealkylation sites (N-methyl/N-ethyl adjacent to an activating group) is 2. The number of carboxylic acids is 1. The summed E-state index contributed by atoms with van der Waals surface area (Å²) in [5, 5.41) is 11.9. The molecular weight excluding hydrogens is 211 g/mol. The number of nitrogens with zero attached hydrogens (tertiary/aromatic N) is 1. The van der Waals surface area contributed by atoms with Gasteiger partial charge in [0.25, 0.3) is 0 Å². The van der Waals surface area contributed by atoms with E-state index in [0.717, 1.165) is 0 Å². The Morgan fingerprint density at radius 2 is 2.25 bits per heavy atom. The highest BCUT2D eigenvalue weighted by atomic mass is 19.1. The van der Waals surface area contributed by atoms with Gasteiger partial charge in [-0.1, -0.05) is 6.07 Å². The second-order valence-corrected chi connectivity index (χ2v) is 3.47. The van der Waals surface area contributed by atoms with Crippen LogP contribution in [0.3, 0.4) is 0 Å². The maximum absolute atomic E-state index is 13.6. The Kier molecular flexibility index (Phi) is 4.25. The van der Waals surface area contributed by atoms with Gasteiger partial charge in [0.15, 0.2) is 0 Å². The van der Waals surface area contributed by atoms with E-state index in [1.165, 1.54) is 18.2 Å². The summed E-state index contributed by atoms with van der Waals surface area (Å²) in [4.78, 5) is 12.5. The molecule has 0 saturated carbocycles. The van der Waals surface area contributed by atoms with Gasteiger partial charge in [-0.25, -0.2) is 9.18 Å². The van der Waals surface area contributed by atoms with Gasteiger partial charge in [0, 0.05) is 20.1 Å². The van der Waals surface area contributed by atoms with Gasteiger partial charge in [-0.05, 0) is 19.2 Å². The fraction of sp³-hybridized carbons (Fsp3) is 0.364. The SMILES string of the molecule is CNCCN(C)c1c(F)cccc1C(=O)O. The van der Waals surface area contributed by atoms with E-state index >= 15 is 0 Å². The predicted molar refractivity (Wildman–Crippen MR) is 60.6 cm³/mol. The van der Waals surface area contributed by atoms with E-state index in [1.54, 1.807) is 19.0 Å². The third-order valence-corrected chi connectivity index (χ3v) is 2.30. The van der Waals surface area contributed by atoms with E-state index in [4.69, 9.17) is 5.11 Å². The summed E-state index contributed by atoms with van der Waals surface area (Å²) in [6.45, 7) is 1.20. The van der Waals surface area contributed by atoms with Gasteiger partial charge in [0.1, 0.15) is 5.82 Å². The molecule has 0 fully saturated rings. The molecule has 1 aromatic rings. The minimum absolute atomic E-state index is 0.0152. The first-order valence-electron chi connectivity index (χ1n) is 4.95. The summed E-state index contributed by atoms with van der Waals surface area (Å²) in [7, 11) is 3.45. The molecular formula is C11H15FN2O2. The number of aromatic carboxylic acids is 1. The monoisotopic (exact) mass is 226 g/mol. The lowest BCUT2D eigenvalue weighted by molar-refractivity contribution is 0.0697. The summed E-state index contributed by atoms with van der Waals surface area (Å²) in [5.74, 6) is -1.63. The Morgan fingerprint density at radius 1 is 1.56 bits per heavy atom. The van der Waals surface area contributed by atoms with E-state index < -0.39 is 11.8 Å². The van der Waals surface area contributed by atoms with E-state index in [1.807, 2.05) is 0 Å². The predicted octanol–water partition coefficient (Wildman–Crippen LogP) is 1.18. The number of carbonyl (C=O) groups is 1. The van der Waals surface area contributed by atoms with Crippen LogP contribution >= 0.6 is 0 Å². The second-order valence-electron chi connectivity index (χ2n) is 3.47. The lowest BCUT2D eigenvalue weighted by Gasteiger charge is -2.21. The Balaban J connectivity index is 3.04. The fourth-order valence-corrected chi connectivity index (χ4v) is 1.47. The quantitative estimate of drug-likeness (QED) is 0.791. The molecule has 0 amide bonds. The van der Waals surface area contributed by atoms with Crippen molar-refractivity contribution in [3.8, 4) is 0 Å². The van der Waals surface area contributed by atoms with Crippen LogP contribution in [0.1, 0.15) is 10.4 Å². The molecule has 1 aromatic carbocycles. The van der Waals surface area contributed by atoms with Crippen molar-refractivity contribution < 1.29 is 14.3 Å². The van der Waals surface area contributed by atoms with Gasteiger partial charge in [-0.3, -0.25) is 0 Å². The molecule has 0 bridgehead atoms. The second kappa shape index (κ2) is 5.46. The molecule has 0 heterocycles. The van der Waals surface area contributed by atoms with E-state index in [9.17, 15) is 9.18 Å². The number of rotatable bonds is 5. The summed E-state index contributed by atoms with van der Waals surface area (Å²) in [5.41, 5.74) is 0.115. The van der Waals surface area contributed by atoms with E-state index in [0.29, 0.717) is 13.1 Å². The average molecular weight is 226 g/mol. The van der Waals surface area contributed by atoms with Crippen LogP contribution in [0.4, 0.5) is 10.1 Å². The number of nitrogens with one attached hydrogen (secondary N) is 1. The molecule has 0 atom stereocenters. The molecule has 2 N–H and O–H groups in total. The van der Waals surface area contributed by atoms with Crippen molar-refractivity contribution in [2.24, 2.45) is 0 Å². The topological polar surface area (TPSA) is 52.6 Å². The molecule has 1 rings (SSSR count). The molecule has 4 nitrogen and oxygen atoms in total. The highest BCUT2D eigenvalue weighted by Crippen LogP contribution is 2.23. The molecule has 0 aromatic heterocycles. The maximum atomic E-state index is 13.6. The molecule has 5 heteroatoms. The van der Waals surface area contributed by atoms with Gasteiger partial charge in [0.05, 0.1) is 11.3 Å². The lowest BCUT2D eigenvalue weighted by atomic mass is 10.1. The van der Waals surface area contributed by atoms with Crippen LogP contribution < -0.4 is 10.2 Å². The van der Waals surface area contributed by atoms with E-state index in [2.05, 4.69) is 5.32 Å². The molecule has 0 aliphatic carbocycles. The number of hydrogen-bond donors (Lipinski definition) is 2. The first kappa shape index (κ1) is 12.4. The summed E-state index contributed by atoms with van der Waals surface area (Å²) >= 11 is 0. The highest BCUT2D eigenvalue weighted by molar-refractivity contribution is 5.94. The molecule has 16 heavy (non-hydrogen) atoms. The van der Waals surface area contributed by atoms with E-state index in [-0.39, 0.29) is 11.3 Å². The van der Waals surface area contributed by atoms with Gasteiger partial charge in [-0.15, -0.1) is 0 Å². The van der Waals surface area contributed by atoms with Gasteiger partial charge >= 0.3 is 5.97 Å². The first-order chi connectivity index (χ1) is 7.57. The van der Waals surface area contributed by atoms with Crippen molar-refractivity contribution in [1.29, 1.82) is 0 Å². The van der Waals surface area contributed by atoms with Gasteiger partial charge in [0.2, 0.25) is 0 Å². The Morgan fingerprint density at radius 3 is 2.81 bits per heavy atom. The Labute approximate surface area is 93.7 Å². The number of hydrogen-bond acceptors (Lipinski definition) is 3. The standard InChI is InChI=1S/C11H15FN2O2/c1-13-6-7-14(2)10-8(11(15)16)4-3-5-9(10)12/h3-5,13H,6-7H2,1-2H3,(H,15,16). The van der Waals surface area contributed by atoms with Gasteiger partial charge < -0.3 is 15.3 Å². The lowest BCUT2D eigenvalue weighted by Crippen LogP contribution is -2.29. The highest BCUT2D eigenvalue weighted by Gasteiger charge is 2.17. The molecule has 0 spiro atoms. The molecule has 0 unspecified atom stereocenters. The number of anilines is 1. The van der Waals surface area contributed by atoms with Crippen molar-refractivity contribution >= 4 is 11.7 Å². The van der Waals surface area contributed by atoms with Crippen LogP contribution in [0.15, 0.2) is 18.2 Å². The zero-order chi connectivity index (χ0) is 12.1. The molecule has 0 radical (unpaired) electrons. The van der Waals surface area contributed by atoms with Crippen molar-refractivity contribution in [1.82, 2.24) is 5.32 Å². The zero-order valence-electron chi connectivity index (χ0n) is 9.33. The van der Waals surface area contributed by atoms with Crippen LogP contribution in [0.25, 0.3) is 0 Å². The number of para-hydroxylation sites is 1. The average Bonchev–Trinajstić information content (AvgIpc) is 2.25. The van der Waals surface area contributed by atoms with Crippen molar-refractivity contribution in [3.05, 3.63) is 29.6 Å². The van der Waals surface area contributed by atoms with Crippen LogP contribution in [-0.4, -0.2) is 38.3 Å². The molecule has 0 saturated heterocycles. The minimum Gasteiger partial charge on any atom is -0.478 e. The van der Waals surface area contributed by atoms with Crippen LogP contribution in [0.2, 0.25) is 0 Å². The molecule has 0 aliphatic rings. The zero-order valence-corrected chi connectivity index (χ0v) is 9.33. The number of benzene rings is 1. The largest absolute Gasteiger partial charge is 0.478 e. The Hall–Kier alpha value is -1.62. The maximum Gasteiger partial charge on any atom is 0.337 e. The van der Waals surface area contributed by atoms with Crippen LogP contribution in [-0.2, 0) is 0 Å². The molecule has 88 valence electrons. The van der Waals surface area contributed by atoms with Crippen molar-refractivity contribution in [2.75, 3.05) is 32.1 Å². The van der Waals surface area contributed by atoms with Crippen LogP contribution in [0, 0.1) is 5.82 Å². The summed E-state index contributed by atoms with van der Waals surface area (Å²) in [6.07, 6.45) is 0. The third kappa shape index (κ3) is 2.70. The molecule has 0 aliphatic heterocycles. The number of halogens is 1. The van der Waals surface area contributed by atoms with Crippen molar-refractivity contribution in [2.45, 2.75) is 0 Å². The van der Waals surface area contributed by atoms with Crippen LogP contribution in [0.5, 0.6) is 0 Å².